The van der Waals surface area contributed by atoms with Crippen molar-refractivity contribution in [1.82, 2.24) is 5.32 Å². The van der Waals surface area contributed by atoms with Gasteiger partial charge >= 0.3 is 0 Å². The van der Waals surface area contributed by atoms with E-state index in [1.807, 2.05) is 23.5 Å². The zero-order chi connectivity index (χ0) is 13.8. The molecule has 0 aliphatic rings. The summed E-state index contributed by atoms with van der Waals surface area (Å²) >= 11 is 3.62. The maximum absolute atomic E-state index is 5.49. The molecule has 0 fully saturated rings. The van der Waals surface area contributed by atoms with Gasteiger partial charge in [-0.3, -0.25) is 5.32 Å². The summed E-state index contributed by atoms with van der Waals surface area (Å²) in [5, 5.41) is 7.95. The average Bonchev–Trinajstić information content (AvgIpc) is 3.20. The van der Waals surface area contributed by atoms with Gasteiger partial charge in [0.2, 0.25) is 0 Å². The van der Waals surface area contributed by atoms with E-state index in [-0.39, 0.29) is 6.04 Å². The number of hydrogen-bond acceptors (Lipinski definition) is 4. The highest BCUT2D eigenvalue weighted by atomic mass is 32.1. The molecule has 2 unspecified atom stereocenters. The van der Waals surface area contributed by atoms with Crippen LogP contribution in [-0.4, -0.2) is 0 Å². The van der Waals surface area contributed by atoms with Crippen LogP contribution < -0.4 is 5.32 Å². The molecule has 0 bridgehead atoms. The first-order valence-electron chi connectivity index (χ1n) is 6.68. The second-order valence-corrected chi connectivity index (χ2v) is 6.77. The molecular weight excluding hydrogens is 286 g/mol. The van der Waals surface area contributed by atoms with Crippen molar-refractivity contribution in [3.8, 4) is 0 Å². The van der Waals surface area contributed by atoms with Gasteiger partial charge in [-0.25, -0.2) is 0 Å². The monoisotopic (exact) mass is 303 g/mol. The first-order chi connectivity index (χ1) is 9.83. The highest BCUT2D eigenvalue weighted by Gasteiger charge is 2.18. The Labute approximate surface area is 127 Å². The number of nitrogens with one attached hydrogen (secondary N) is 1. The van der Waals surface area contributed by atoms with Crippen LogP contribution in [0.15, 0.2) is 57.8 Å². The van der Waals surface area contributed by atoms with Gasteiger partial charge in [-0.2, -0.15) is 0 Å². The Morgan fingerprint density at radius 2 is 1.95 bits per heavy atom. The van der Waals surface area contributed by atoms with Crippen molar-refractivity contribution in [1.29, 1.82) is 0 Å². The van der Waals surface area contributed by atoms with Gasteiger partial charge in [0.1, 0.15) is 5.76 Å². The molecule has 20 heavy (non-hydrogen) atoms. The maximum Gasteiger partial charge on any atom is 0.120 e. The van der Waals surface area contributed by atoms with E-state index in [0.717, 1.165) is 12.2 Å². The van der Waals surface area contributed by atoms with Crippen LogP contribution in [0.4, 0.5) is 0 Å². The first kappa shape index (κ1) is 13.6. The second-order valence-electron chi connectivity index (χ2n) is 4.76. The molecule has 4 heteroatoms. The van der Waals surface area contributed by atoms with Crippen molar-refractivity contribution in [2.24, 2.45) is 0 Å². The third-order valence-electron chi connectivity index (χ3n) is 3.29. The molecular formula is C16H17NOS2. The van der Waals surface area contributed by atoms with Crippen molar-refractivity contribution >= 4 is 22.7 Å². The molecule has 0 amide bonds. The summed E-state index contributed by atoms with van der Waals surface area (Å²) < 4.78 is 5.49. The van der Waals surface area contributed by atoms with E-state index in [1.165, 1.54) is 9.75 Å². The molecule has 0 aliphatic heterocycles. The van der Waals surface area contributed by atoms with Crippen LogP contribution in [0.3, 0.4) is 0 Å². The first-order valence-corrected chi connectivity index (χ1v) is 8.44. The summed E-state index contributed by atoms with van der Waals surface area (Å²) in [5.41, 5.74) is 0. The average molecular weight is 303 g/mol. The zero-order valence-corrected chi connectivity index (χ0v) is 12.9. The molecule has 3 heterocycles. The molecule has 2 atom stereocenters. The Bertz CT molecular complexity index is 599. The SMILES string of the molecule is CC(NC(Cc1cccs1)c1cccs1)c1ccco1. The summed E-state index contributed by atoms with van der Waals surface area (Å²) in [6.07, 6.45) is 2.75. The molecule has 0 aromatic carbocycles. The molecule has 3 aromatic rings. The van der Waals surface area contributed by atoms with Crippen LogP contribution in [-0.2, 0) is 6.42 Å². The molecule has 0 saturated carbocycles. The Balaban J connectivity index is 1.75. The van der Waals surface area contributed by atoms with E-state index >= 15 is 0 Å². The molecule has 0 saturated heterocycles. The number of furan rings is 1. The highest BCUT2D eigenvalue weighted by Crippen LogP contribution is 2.27. The minimum atomic E-state index is 0.206. The fourth-order valence-corrected chi connectivity index (χ4v) is 3.82. The van der Waals surface area contributed by atoms with Crippen LogP contribution in [0.25, 0.3) is 0 Å². The van der Waals surface area contributed by atoms with E-state index in [9.17, 15) is 0 Å². The Morgan fingerprint density at radius 1 is 1.10 bits per heavy atom. The molecule has 104 valence electrons. The largest absolute Gasteiger partial charge is 0.468 e. The van der Waals surface area contributed by atoms with Gasteiger partial charge in [0.05, 0.1) is 12.3 Å². The fraction of sp³-hybridized carbons (Fsp3) is 0.250. The van der Waals surface area contributed by atoms with Gasteiger partial charge < -0.3 is 4.42 Å². The molecule has 0 radical (unpaired) electrons. The maximum atomic E-state index is 5.49. The summed E-state index contributed by atoms with van der Waals surface area (Å²) in [5.74, 6) is 0.984. The van der Waals surface area contributed by atoms with Crippen molar-refractivity contribution in [3.05, 3.63) is 68.9 Å². The highest BCUT2D eigenvalue weighted by molar-refractivity contribution is 7.10. The van der Waals surface area contributed by atoms with Gasteiger partial charge in [-0.15, -0.1) is 22.7 Å². The normalized spacial score (nSPS) is 14.2. The van der Waals surface area contributed by atoms with Crippen molar-refractivity contribution in [2.45, 2.75) is 25.4 Å². The molecule has 3 rings (SSSR count). The molecule has 1 N–H and O–H groups in total. The number of rotatable bonds is 6. The van der Waals surface area contributed by atoms with E-state index in [1.54, 1.807) is 17.6 Å². The molecule has 3 aromatic heterocycles. The predicted octanol–water partition coefficient (Wildman–Crippen LogP) is 5.04. The minimum Gasteiger partial charge on any atom is -0.468 e. The van der Waals surface area contributed by atoms with E-state index in [0.29, 0.717) is 6.04 Å². The summed E-state index contributed by atoms with van der Waals surface area (Å²) in [6.45, 7) is 2.15. The quantitative estimate of drug-likeness (QED) is 0.690. The zero-order valence-electron chi connectivity index (χ0n) is 11.3. The summed E-state index contributed by atoms with van der Waals surface area (Å²) in [7, 11) is 0. The third kappa shape index (κ3) is 3.20. The van der Waals surface area contributed by atoms with E-state index in [2.05, 4.69) is 47.3 Å². The van der Waals surface area contributed by atoms with Gasteiger partial charge in [-0.1, -0.05) is 12.1 Å². The predicted molar refractivity (Wildman–Crippen MR) is 85.3 cm³/mol. The van der Waals surface area contributed by atoms with Crippen LogP contribution in [0.5, 0.6) is 0 Å². The lowest BCUT2D eigenvalue weighted by Crippen LogP contribution is -2.25. The minimum absolute atomic E-state index is 0.206. The van der Waals surface area contributed by atoms with Gasteiger partial charge in [0.15, 0.2) is 0 Å². The lowest BCUT2D eigenvalue weighted by molar-refractivity contribution is 0.393. The molecule has 2 nitrogen and oxygen atoms in total. The number of hydrogen-bond donors (Lipinski definition) is 1. The lowest BCUT2D eigenvalue weighted by Gasteiger charge is -2.21. The van der Waals surface area contributed by atoms with Crippen molar-refractivity contribution in [3.63, 3.8) is 0 Å². The molecule has 0 aliphatic carbocycles. The van der Waals surface area contributed by atoms with Gasteiger partial charge in [0.25, 0.3) is 0 Å². The van der Waals surface area contributed by atoms with E-state index < -0.39 is 0 Å². The Hall–Kier alpha value is -1.36. The Kier molecular flexibility index (Phi) is 4.35. The summed E-state index contributed by atoms with van der Waals surface area (Å²) in [6, 6.07) is 13.1. The van der Waals surface area contributed by atoms with Crippen molar-refractivity contribution in [2.75, 3.05) is 0 Å². The second kappa shape index (κ2) is 6.39. The lowest BCUT2D eigenvalue weighted by atomic mass is 10.1. The van der Waals surface area contributed by atoms with Crippen LogP contribution >= 0.6 is 22.7 Å². The van der Waals surface area contributed by atoms with Crippen LogP contribution in [0.2, 0.25) is 0 Å². The van der Waals surface area contributed by atoms with Gasteiger partial charge in [-0.05, 0) is 41.9 Å². The summed E-state index contributed by atoms with van der Waals surface area (Å²) in [4.78, 5) is 2.78. The van der Waals surface area contributed by atoms with Gasteiger partial charge in [0, 0.05) is 22.2 Å². The van der Waals surface area contributed by atoms with E-state index in [4.69, 9.17) is 4.42 Å². The fourth-order valence-electron chi connectivity index (χ4n) is 2.28. The topological polar surface area (TPSA) is 25.2 Å². The van der Waals surface area contributed by atoms with Crippen LogP contribution in [0.1, 0.15) is 34.5 Å². The smallest absolute Gasteiger partial charge is 0.120 e. The van der Waals surface area contributed by atoms with Crippen LogP contribution in [0, 0.1) is 0 Å². The number of thiophene rings is 2. The van der Waals surface area contributed by atoms with Crippen molar-refractivity contribution < 1.29 is 4.42 Å². The molecule has 0 spiro atoms. The standard InChI is InChI=1S/C16H17NOS2/c1-12(15-6-2-8-18-15)17-14(16-7-4-10-20-16)11-13-5-3-9-19-13/h2-10,12,14,17H,11H2,1H3. The third-order valence-corrected chi connectivity index (χ3v) is 5.18. The Morgan fingerprint density at radius 3 is 2.60 bits per heavy atom.